The Morgan fingerprint density at radius 3 is 2.02 bits per heavy atom. The molecule has 9 nitrogen and oxygen atoms in total. The van der Waals surface area contributed by atoms with E-state index < -0.39 is 0 Å². The van der Waals surface area contributed by atoms with E-state index in [0.717, 1.165) is 29.4 Å². The van der Waals surface area contributed by atoms with Crippen molar-refractivity contribution >= 4 is 23.5 Å². The third kappa shape index (κ3) is 7.00. The molecule has 0 amide bonds. The first-order valence-electron chi connectivity index (χ1n) is 13.1. The van der Waals surface area contributed by atoms with Crippen molar-refractivity contribution in [2.75, 3.05) is 12.4 Å². The van der Waals surface area contributed by atoms with Crippen LogP contribution in [0.3, 0.4) is 0 Å². The number of aliphatic hydroxyl groups excluding tert-OH is 1. The number of amidine groups is 1. The molecule has 2 aromatic carbocycles. The van der Waals surface area contributed by atoms with Gasteiger partial charge >= 0.3 is 0 Å². The molecule has 0 fully saturated rings. The van der Waals surface area contributed by atoms with Gasteiger partial charge in [0, 0.05) is 18.2 Å². The predicted molar refractivity (Wildman–Crippen MR) is 163 cm³/mol. The molecule has 40 heavy (non-hydrogen) atoms. The monoisotopic (exact) mass is 536 g/mol. The number of aromatic nitrogens is 5. The van der Waals surface area contributed by atoms with E-state index >= 15 is 0 Å². The van der Waals surface area contributed by atoms with E-state index in [4.69, 9.17) is 20.1 Å². The van der Waals surface area contributed by atoms with Crippen LogP contribution in [0.1, 0.15) is 44.4 Å². The van der Waals surface area contributed by atoms with Crippen LogP contribution in [0, 0.1) is 13.8 Å². The van der Waals surface area contributed by atoms with E-state index in [1.807, 2.05) is 102 Å². The van der Waals surface area contributed by atoms with Crippen molar-refractivity contribution in [1.29, 1.82) is 0 Å². The summed E-state index contributed by atoms with van der Waals surface area (Å²) in [5.41, 5.74) is 6.15. The zero-order valence-electron chi connectivity index (χ0n) is 24.1. The first kappa shape index (κ1) is 29.8. The second kappa shape index (κ2) is 13.9. The molecular formula is C31H36N8O. The molecule has 4 aromatic rings. The summed E-state index contributed by atoms with van der Waals surface area (Å²) in [5.74, 6) is 2.50. The van der Waals surface area contributed by atoms with Crippen molar-refractivity contribution in [3.8, 4) is 11.4 Å². The van der Waals surface area contributed by atoms with Crippen molar-refractivity contribution in [1.82, 2.24) is 24.3 Å². The summed E-state index contributed by atoms with van der Waals surface area (Å²) in [6.45, 7) is 16.0. The second-order valence-corrected chi connectivity index (χ2v) is 8.80. The molecule has 0 saturated heterocycles. The van der Waals surface area contributed by atoms with Crippen molar-refractivity contribution in [2.45, 2.75) is 41.5 Å². The van der Waals surface area contributed by atoms with Crippen molar-refractivity contribution < 1.29 is 5.11 Å². The van der Waals surface area contributed by atoms with Crippen LogP contribution in [0.15, 0.2) is 94.6 Å². The van der Waals surface area contributed by atoms with E-state index in [0.29, 0.717) is 35.0 Å². The fraction of sp³-hybridized carbons (Fsp3) is 0.226. The number of allylic oxidation sites excluding steroid dienone is 4. The lowest BCUT2D eigenvalue weighted by atomic mass is 10.1. The molecule has 0 radical (unpaired) electrons. The molecule has 0 aliphatic carbocycles. The Bertz CT molecular complexity index is 1640. The maximum atomic E-state index is 7.00. The molecule has 3 heterocycles. The van der Waals surface area contributed by atoms with Gasteiger partial charge in [0.1, 0.15) is 5.84 Å². The Morgan fingerprint density at radius 2 is 1.45 bits per heavy atom. The van der Waals surface area contributed by atoms with Crippen LogP contribution in [0.5, 0.6) is 0 Å². The zero-order chi connectivity index (χ0) is 29.2. The van der Waals surface area contributed by atoms with Crippen molar-refractivity contribution in [3.63, 3.8) is 0 Å². The summed E-state index contributed by atoms with van der Waals surface area (Å²) in [6, 6.07) is 16.2. The molecule has 0 spiro atoms. The normalized spacial score (nSPS) is 12.2. The fourth-order valence-electron chi connectivity index (χ4n) is 3.57. The minimum Gasteiger partial charge on any atom is -0.400 e. The van der Waals surface area contributed by atoms with Gasteiger partial charge in [-0.3, -0.25) is 0 Å². The van der Waals surface area contributed by atoms with Crippen LogP contribution in [0.2, 0.25) is 0 Å². The number of nitrogens with one attached hydrogen (secondary N) is 1. The number of hydrogen-bond donors (Lipinski definition) is 2. The second-order valence-electron chi connectivity index (χ2n) is 8.80. The van der Waals surface area contributed by atoms with Gasteiger partial charge in [0.25, 0.3) is 5.62 Å². The number of benzene rings is 2. The third-order valence-corrected chi connectivity index (χ3v) is 5.53. The Kier molecular flexibility index (Phi) is 10.3. The smallest absolute Gasteiger partial charge is 0.256 e. The summed E-state index contributed by atoms with van der Waals surface area (Å²) in [7, 11) is 1.00. The zero-order valence-corrected chi connectivity index (χ0v) is 24.1. The highest BCUT2D eigenvalue weighted by molar-refractivity contribution is 6.09. The SMILES string of the molecule is C=C/C(=C\C=C(C)C)N=c1nc2n3c(nc(-c4ccc(C)cc4)nc3n1)NC(c1ccc(C)cc1)=N2.CC.CO. The standard InChI is InChI=1S/C28H26N8.C2H6.CH4O/c1-6-22(16-7-17(2)3)29-25-34-27-32-23(20-12-8-18(4)9-13-20)30-26-31-24(33-28(35-25)36(26)27)21-14-10-19(5)11-15-21;2*1-2/h6-16H,1H2,2-5H3,(H,29,30,31,32,33,34,35);1-2H3;2H,1H3/b22-16+;;. The minimum absolute atomic E-state index is 0.242. The van der Waals surface area contributed by atoms with Gasteiger partial charge in [-0.25, -0.2) is 9.39 Å². The van der Waals surface area contributed by atoms with Gasteiger partial charge in [0.15, 0.2) is 5.82 Å². The lowest BCUT2D eigenvalue weighted by molar-refractivity contribution is 0.399. The van der Waals surface area contributed by atoms with Gasteiger partial charge in [-0.05, 0) is 39.8 Å². The molecule has 1 aliphatic rings. The maximum Gasteiger partial charge on any atom is 0.256 e. The number of hydrogen-bond acceptors (Lipinski definition) is 8. The summed E-state index contributed by atoms with van der Waals surface area (Å²) in [5, 5.41) is 10.3. The van der Waals surface area contributed by atoms with Crippen LogP contribution in [-0.2, 0) is 0 Å². The fourth-order valence-corrected chi connectivity index (χ4v) is 3.57. The highest BCUT2D eigenvalue weighted by atomic mass is 16.2. The lowest BCUT2D eigenvalue weighted by Crippen LogP contribution is -2.26. The van der Waals surface area contributed by atoms with E-state index in [2.05, 4.69) is 26.9 Å². The van der Waals surface area contributed by atoms with Gasteiger partial charge in [0.05, 0.1) is 5.70 Å². The number of nitrogens with zero attached hydrogens (tertiary/aromatic N) is 7. The average molecular weight is 537 g/mol. The van der Waals surface area contributed by atoms with E-state index in [-0.39, 0.29) is 5.62 Å². The van der Waals surface area contributed by atoms with E-state index in [9.17, 15) is 0 Å². The van der Waals surface area contributed by atoms with E-state index in [1.54, 1.807) is 10.5 Å². The van der Waals surface area contributed by atoms with E-state index in [1.165, 1.54) is 5.56 Å². The molecule has 206 valence electrons. The topological polar surface area (TPSA) is 113 Å². The van der Waals surface area contributed by atoms with Gasteiger partial charge in [0.2, 0.25) is 17.7 Å². The van der Waals surface area contributed by atoms with Crippen LogP contribution >= 0.6 is 0 Å². The first-order chi connectivity index (χ1) is 19.4. The Hall–Kier alpha value is -4.76. The van der Waals surface area contributed by atoms with Crippen LogP contribution in [0.4, 0.5) is 11.9 Å². The quantitative estimate of drug-likeness (QED) is 0.308. The highest BCUT2D eigenvalue weighted by Gasteiger charge is 2.21. The predicted octanol–water partition coefficient (Wildman–Crippen LogP) is 5.88. The van der Waals surface area contributed by atoms with Crippen molar-refractivity contribution in [3.05, 3.63) is 107 Å². The summed E-state index contributed by atoms with van der Waals surface area (Å²) >= 11 is 0. The number of rotatable bonds is 5. The van der Waals surface area contributed by atoms with Gasteiger partial charge < -0.3 is 10.4 Å². The molecule has 0 saturated carbocycles. The highest BCUT2D eigenvalue weighted by Crippen LogP contribution is 2.25. The molecule has 1 aliphatic heterocycles. The Morgan fingerprint density at radius 1 is 0.850 bits per heavy atom. The number of aliphatic imine (C=N–C) groups is 1. The van der Waals surface area contributed by atoms with Crippen LogP contribution in [-0.4, -0.2) is 42.4 Å². The summed E-state index contributed by atoms with van der Waals surface area (Å²) < 4.78 is 1.70. The largest absolute Gasteiger partial charge is 0.400 e. The molecule has 2 aromatic heterocycles. The molecule has 0 atom stereocenters. The summed E-state index contributed by atoms with van der Waals surface area (Å²) in [4.78, 5) is 28.1. The summed E-state index contributed by atoms with van der Waals surface area (Å²) in [6.07, 6.45) is 5.51. The molecule has 0 unspecified atom stereocenters. The van der Waals surface area contributed by atoms with Gasteiger partial charge in [-0.15, -0.1) is 0 Å². The van der Waals surface area contributed by atoms with Crippen LogP contribution in [0.25, 0.3) is 17.2 Å². The first-order valence-corrected chi connectivity index (χ1v) is 13.1. The average Bonchev–Trinajstić information content (AvgIpc) is 2.97. The Balaban J connectivity index is 0.00000106. The Labute approximate surface area is 235 Å². The number of anilines is 1. The third-order valence-electron chi connectivity index (χ3n) is 5.53. The molecule has 5 rings (SSSR count). The number of aliphatic hydroxyl groups is 1. The molecule has 9 heteroatoms. The molecule has 2 N–H and O–H groups in total. The van der Waals surface area contributed by atoms with Gasteiger partial charge in [-0.1, -0.05) is 91.7 Å². The van der Waals surface area contributed by atoms with Crippen molar-refractivity contribution in [2.24, 2.45) is 9.98 Å². The molecule has 0 bridgehead atoms. The lowest BCUT2D eigenvalue weighted by Gasteiger charge is -2.19. The van der Waals surface area contributed by atoms with Crippen LogP contribution < -0.4 is 10.9 Å². The number of aryl methyl sites for hydroxylation is 2. The van der Waals surface area contributed by atoms with Gasteiger partial charge in [-0.2, -0.15) is 24.9 Å². The maximum absolute atomic E-state index is 7.00. The molecular weight excluding hydrogens is 500 g/mol. The minimum atomic E-state index is 0.242.